The number of aliphatic carboxylic acids is 1. The number of carbonyl (C=O) groups is 1. The maximum absolute atomic E-state index is 10.7. The van der Waals surface area contributed by atoms with Crippen molar-refractivity contribution in [3.05, 3.63) is 28.9 Å². The molecule has 0 saturated carbocycles. The monoisotopic (exact) mass is 239 g/mol. The van der Waals surface area contributed by atoms with Gasteiger partial charge in [0.25, 0.3) is 0 Å². The Morgan fingerprint density at radius 2 is 2.31 bits per heavy atom. The van der Waals surface area contributed by atoms with Gasteiger partial charge in [-0.2, -0.15) is 0 Å². The molecule has 2 rings (SSSR count). The van der Waals surface area contributed by atoms with Gasteiger partial charge in [0.05, 0.1) is 24.1 Å². The van der Waals surface area contributed by atoms with Crippen LogP contribution in [0.2, 0.25) is 5.02 Å². The zero-order valence-corrected chi connectivity index (χ0v) is 9.34. The number of ether oxygens (including phenoxy) is 1. The maximum atomic E-state index is 10.7. The summed E-state index contributed by atoms with van der Waals surface area (Å²) in [6, 6.07) is 3.44. The number of hydrogen-bond acceptors (Lipinski definition) is 2. The summed E-state index contributed by atoms with van der Waals surface area (Å²) in [7, 11) is 1.54. The van der Waals surface area contributed by atoms with Crippen molar-refractivity contribution < 1.29 is 14.6 Å². The molecule has 1 aromatic heterocycles. The summed E-state index contributed by atoms with van der Waals surface area (Å²) in [5, 5.41) is 10.1. The number of methoxy groups -OCH3 is 1. The van der Waals surface area contributed by atoms with Gasteiger partial charge in [-0.3, -0.25) is 4.79 Å². The first kappa shape index (κ1) is 10.8. The summed E-state index contributed by atoms with van der Waals surface area (Å²) in [4.78, 5) is 13.7. The molecule has 1 aromatic carbocycles. The molecule has 0 aliphatic carbocycles. The smallest absolute Gasteiger partial charge is 0.307 e. The van der Waals surface area contributed by atoms with Gasteiger partial charge in [0, 0.05) is 11.6 Å². The van der Waals surface area contributed by atoms with Gasteiger partial charge >= 0.3 is 5.97 Å². The average molecular weight is 240 g/mol. The summed E-state index contributed by atoms with van der Waals surface area (Å²) in [5.41, 5.74) is 1.37. The molecule has 4 nitrogen and oxygen atoms in total. The van der Waals surface area contributed by atoms with E-state index in [-0.39, 0.29) is 6.42 Å². The van der Waals surface area contributed by atoms with E-state index in [1.165, 1.54) is 0 Å². The number of rotatable bonds is 3. The highest BCUT2D eigenvalue weighted by Crippen LogP contribution is 2.33. The number of halogens is 1. The lowest BCUT2D eigenvalue weighted by molar-refractivity contribution is -0.136. The number of nitrogens with one attached hydrogen (secondary N) is 1. The predicted molar refractivity (Wildman–Crippen MR) is 61.2 cm³/mol. The second-order valence-corrected chi connectivity index (χ2v) is 3.79. The minimum Gasteiger partial charge on any atom is -0.496 e. The third-order valence-electron chi connectivity index (χ3n) is 2.39. The normalized spacial score (nSPS) is 10.6. The Morgan fingerprint density at radius 3 is 2.94 bits per heavy atom. The van der Waals surface area contributed by atoms with Gasteiger partial charge in [0.1, 0.15) is 5.75 Å². The second kappa shape index (κ2) is 4.06. The molecule has 0 amide bonds. The maximum Gasteiger partial charge on any atom is 0.307 e. The van der Waals surface area contributed by atoms with E-state index in [2.05, 4.69) is 4.98 Å². The number of aromatic amines is 1. The van der Waals surface area contributed by atoms with Gasteiger partial charge in [-0.25, -0.2) is 0 Å². The van der Waals surface area contributed by atoms with Crippen LogP contribution in [0.1, 0.15) is 5.56 Å². The van der Waals surface area contributed by atoms with Crippen LogP contribution < -0.4 is 4.74 Å². The molecule has 0 spiro atoms. The van der Waals surface area contributed by atoms with Crippen molar-refractivity contribution in [3.8, 4) is 5.75 Å². The van der Waals surface area contributed by atoms with Crippen LogP contribution >= 0.6 is 11.6 Å². The Bertz CT molecular complexity index is 547. The summed E-state index contributed by atoms with van der Waals surface area (Å²) >= 11 is 6.00. The first-order valence-corrected chi connectivity index (χ1v) is 5.05. The molecule has 0 aliphatic heterocycles. The molecule has 0 saturated heterocycles. The number of carboxylic acid groups (broad SMARTS) is 1. The lowest BCUT2D eigenvalue weighted by Crippen LogP contribution is -1.99. The highest BCUT2D eigenvalue weighted by Gasteiger charge is 2.13. The van der Waals surface area contributed by atoms with E-state index < -0.39 is 5.97 Å². The number of aromatic nitrogens is 1. The van der Waals surface area contributed by atoms with E-state index in [0.29, 0.717) is 21.9 Å². The van der Waals surface area contributed by atoms with E-state index in [0.717, 1.165) is 5.39 Å². The predicted octanol–water partition coefficient (Wildman–Crippen LogP) is 2.46. The first-order valence-electron chi connectivity index (χ1n) is 4.67. The molecule has 84 valence electrons. The summed E-state index contributed by atoms with van der Waals surface area (Å²) in [6.07, 6.45) is 1.59. The number of H-pyrrole nitrogens is 1. The van der Waals surface area contributed by atoms with E-state index in [9.17, 15) is 4.79 Å². The van der Waals surface area contributed by atoms with Crippen molar-refractivity contribution in [3.63, 3.8) is 0 Å². The molecule has 0 bridgehead atoms. The fourth-order valence-corrected chi connectivity index (χ4v) is 1.93. The molecule has 0 atom stereocenters. The van der Waals surface area contributed by atoms with Crippen LogP contribution in [-0.4, -0.2) is 23.2 Å². The van der Waals surface area contributed by atoms with Crippen LogP contribution in [0.4, 0.5) is 0 Å². The third-order valence-corrected chi connectivity index (χ3v) is 2.70. The number of hydrogen-bond donors (Lipinski definition) is 2. The Balaban J connectivity index is 2.67. The van der Waals surface area contributed by atoms with Gasteiger partial charge in [-0.05, 0) is 17.7 Å². The van der Waals surface area contributed by atoms with Crippen molar-refractivity contribution >= 4 is 28.5 Å². The van der Waals surface area contributed by atoms with Crippen LogP contribution in [0, 0.1) is 0 Å². The number of carboxylic acids is 1. The van der Waals surface area contributed by atoms with Gasteiger partial charge in [-0.1, -0.05) is 11.6 Å². The highest BCUT2D eigenvalue weighted by molar-refractivity contribution is 6.35. The van der Waals surface area contributed by atoms with Crippen LogP contribution in [0.5, 0.6) is 5.75 Å². The molecule has 5 heteroatoms. The first-order chi connectivity index (χ1) is 7.63. The van der Waals surface area contributed by atoms with Crippen molar-refractivity contribution in [1.82, 2.24) is 4.98 Å². The Kier molecular flexibility index (Phi) is 2.75. The van der Waals surface area contributed by atoms with E-state index in [4.69, 9.17) is 21.4 Å². The summed E-state index contributed by atoms with van der Waals surface area (Å²) in [6.45, 7) is 0. The zero-order valence-electron chi connectivity index (χ0n) is 8.58. The summed E-state index contributed by atoms with van der Waals surface area (Å²) in [5.74, 6) is -0.264. The van der Waals surface area contributed by atoms with Gasteiger partial charge in [0.2, 0.25) is 0 Å². The summed E-state index contributed by atoms with van der Waals surface area (Å²) < 4.78 is 5.19. The van der Waals surface area contributed by atoms with Crippen LogP contribution in [0.15, 0.2) is 18.3 Å². The molecule has 0 aliphatic rings. The number of fused-ring (bicyclic) bond motifs is 1. The Hall–Kier alpha value is -1.68. The van der Waals surface area contributed by atoms with Crippen molar-refractivity contribution in [2.24, 2.45) is 0 Å². The molecule has 16 heavy (non-hydrogen) atoms. The Morgan fingerprint density at radius 1 is 1.56 bits per heavy atom. The fraction of sp³-hybridized carbons (Fsp3) is 0.182. The molecular formula is C11H10ClNO3. The molecule has 1 heterocycles. The lowest BCUT2D eigenvalue weighted by atomic mass is 10.1. The SMILES string of the molecule is COc1ccc(Cl)c2[nH]cc(CC(=O)O)c12. The largest absolute Gasteiger partial charge is 0.496 e. The quantitative estimate of drug-likeness (QED) is 0.865. The van der Waals surface area contributed by atoms with Gasteiger partial charge in [0.15, 0.2) is 0 Å². The van der Waals surface area contributed by atoms with Crippen LogP contribution in [0.3, 0.4) is 0 Å². The molecule has 0 fully saturated rings. The molecule has 0 unspecified atom stereocenters. The Labute approximate surface area is 96.8 Å². The topological polar surface area (TPSA) is 62.3 Å². The van der Waals surface area contributed by atoms with E-state index in [1.807, 2.05) is 0 Å². The van der Waals surface area contributed by atoms with Crippen LogP contribution in [-0.2, 0) is 11.2 Å². The molecule has 2 N–H and O–H groups in total. The van der Waals surface area contributed by atoms with Crippen molar-refractivity contribution in [2.75, 3.05) is 7.11 Å². The lowest BCUT2D eigenvalue weighted by Gasteiger charge is -2.04. The van der Waals surface area contributed by atoms with E-state index in [1.54, 1.807) is 25.4 Å². The highest BCUT2D eigenvalue weighted by atomic mass is 35.5. The van der Waals surface area contributed by atoms with Gasteiger partial charge in [-0.15, -0.1) is 0 Å². The second-order valence-electron chi connectivity index (χ2n) is 3.38. The van der Waals surface area contributed by atoms with E-state index >= 15 is 0 Å². The van der Waals surface area contributed by atoms with Crippen molar-refractivity contribution in [2.45, 2.75) is 6.42 Å². The molecule has 2 aromatic rings. The number of benzene rings is 1. The van der Waals surface area contributed by atoms with Gasteiger partial charge < -0.3 is 14.8 Å². The molecule has 0 radical (unpaired) electrons. The fourth-order valence-electron chi connectivity index (χ4n) is 1.72. The third kappa shape index (κ3) is 1.72. The molecular weight excluding hydrogens is 230 g/mol. The van der Waals surface area contributed by atoms with Crippen molar-refractivity contribution in [1.29, 1.82) is 0 Å². The minimum atomic E-state index is -0.886. The van der Waals surface area contributed by atoms with Crippen LogP contribution in [0.25, 0.3) is 10.9 Å². The average Bonchev–Trinajstić information content (AvgIpc) is 2.63. The standard InChI is InChI=1S/C11H10ClNO3/c1-16-8-3-2-7(12)11-10(8)6(5-13-11)4-9(14)15/h2-3,5,13H,4H2,1H3,(H,14,15). The zero-order chi connectivity index (χ0) is 11.7. The minimum absolute atomic E-state index is 0.0588.